The van der Waals surface area contributed by atoms with E-state index < -0.39 is 0 Å². The number of piperidine rings is 1. The van der Waals surface area contributed by atoms with E-state index in [1.165, 1.54) is 6.42 Å². The van der Waals surface area contributed by atoms with Gasteiger partial charge in [-0.1, -0.05) is 6.42 Å². The number of Topliss-reactive ketones (excluding diaryl/α,β-unsaturated/α-hetero) is 1. The molecule has 1 N–H and O–H groups in total. The number of hydrogen-bond donors (Lipinski definition) is 1. The van der Waals surface area contributed by atoms with E-state index in [1.54, 1.807) is 13.8 Å². The number of likely N-dealkylation sites (tertiary alicyclic amines) is 1. The molecule has 5 nitrogen and oxygen atoms in total. The number of aryl methyl sites for hydroxylation is 1. The number of rotatable bonds is 5. The molecule has 22 heavy (non-hydrogen) atoms. The third-order valence-corrected chi connectivity index (χ3v) is 4.48. The number of nitrogens with one attached hydrogen (secondary N) is 1. The monoisotopic (exact) mass is 306 g/mol. The summed E-state index contributed by atoms with van der Waals surface area (Å²) < 4.78 is 5.07. The van der Waals surface area contributed by atoms with Crippen LogP contribution >= 0.6 is 0 Å². The van der Waals surface area contributed by atoms with Crippen molar-refractivity contribution in [2.24, 2.45) is 0 Å². The van der Waals surface area contributed by atoms with E-state index in [0.717, 1.165) is 19.4 Å². The van der Waals surface area contributed by atoms with Crippen molar-refractivity contribution < 1.29 is 14.3 Å². The number of hydrogen-bond acceptors (Lipinski definition) is 4. The van der Waals surface area contributed by atoms with E-state index in [0.29, 0.717) is 41.7 Å². The third-order valence-electron chi connectivity index (χ3n) is 4.48. The van der Waals surface area contributed by atoms with E-state index in [-0.39, 0.29) is 11.8 Å². The highest BCUT2D eigenvalue weighted by atomic mass is 16.5. The molecule has 1 aromatic rings. The molecule has 0 aliphatic carbocycles. The van der Waals surface area contributed by atoms with Crippen LogP contribution in [0.3, 0.4) is 0 Å². The van der Waals surface area contributed by atoms with Crippen LogP contribution in [0.4, 0.5) is 0 Å². The second-order valence-electron chi connectivity index (χ2n) is 6.08. The molecule has 0 bridgehead atoms. The molecule has 0 saturated carbocycles. The standard InChI is InChI=1S/C17H26N2O3/c1-5-22-17(21)15-12(3)16(18-13(15)4)14(20)10-19-9-7-6-8-11(19)2/h11,18H,5-10H2,1-4H3. The maximum absolute atomic E-state index is 12.6. The van der Waals surface area contributed by atoms with Gasteiger partial charge in [-0.05, 0) is 52.6 Å². The Morgan fingerprint density at radius 2 is 2.05 bits per heavy atom. The molecule has 0 spiro atoms. The second-order valence-corrected chi connectivity index (χ2v) is 6.08. The number of aromatic amines is 1. The first-order valence-electron chi connectivity index (χ1n) is 8.09. The summed E-state index contributed by atoms with van der Waals surface area (Å²) in [4.78, 5) is 29.9. The summed E-state index contributed by atoms with van der Waals surface area (Å²) in [7, 11) is 0. The highest BCUT2D eigenvalue weighted by Crippen LogP contribution is 2.21. The number of esters is 1. The number of H-pyrrole nitrogens is 1. The fourth-order valence-corrected chi connectivity index (χ4v) is 3.19. The fourth-order valence-electron chi connectivity index (χ4n) is 3.19. The van der Waals surface area contributed by atoms with E-state index in [1.807, 2.05) is 6.92 Å². The first-order valence-corrected chi connectivity index (χ1v) is 8.09. The van der Waals surface area contributed by atoms with Crippen LogP contribution in [0, 0.1) is 13.8 Å². The van der Waals surface area contributed by atoms with E-state index in [2.05, 4.69) is 16.8 Å². The summed E-state index contributed by atoms with van der Waals surface area (Å²) in [6.45, 7) is 9.27. The van der Waals surface area contributed by atoms with Crippen LogP contribution in [0.2, 0.25) is 0 Å². The van der Waals surface area contributed by atoms with Crippen LogP contribution in [0.5, 0.6) is 0 Å². The number of ketones is 1. The van der Waals surface area contributed by atoms with Crippen molar-refractivity contribution in [1.82, 2.24) is 9.88 Å². The lowest BCUT2D eigenvalue weighted by molar-refractivity contribution is 0.0525. The maximum Gasteiger partial charge on any atom is 0.340 e. The Hall–Kier alpha value is -1.62. The second kappa shape index (κ2) is 7.09. The van der Waals surface area contributed by atoms with E-state index in [9.17, 15) is 9.59 Å². The van der Waals surface area contributed by atoms with Gasteiger partial charge >= 0.3 is 5.97 Å². The summed E-state index contributed by atoms with van der Waals surface area (Å²) in [5, 5.41) is 0. The molecule has 1 atom stereocenters. The maximum atomic E-state index is 12.6. The van der Waals surface area contributed by atoms with Crippen molar-refractivity contribution in [3.63, 3.8) is 0 Å². The number of carbonyl (C=O) groups is 2. The van der Waals surface area contributed by atoms with Gasteiger partial charge in [0.15, 0.2) is 5.78 Å². The molecule has 5 heteroatoms. The lowest BCUT2D eigenvalue weighted by Gasteiger charge is -2.32. The van der Waals surface area contributed by atoms with Gasteiger partial charge in [-0.25, -0.2) is 4.79 Å². The number of nitrogens with zero attached hydrogens (tertiary/aromatic N) is 1. The number of carbonyl (C=O) groups excluding carboxylic acids is 2. The Labute approximate surface area is 132 Å². The lowest BCUT2D eigenvalue weighted by atomic mass is 10.0. The molecule has 1 fully saturated rings. The zero-order chi connectivity index (χ0) is 16.3. The molecular weight excluding hydrogens is 280 g/mol. The highest BCUT2D eigenvalue weighted by Gasteiger charge is 2.26. The molecule has 1 aromatic heterocycles. The largest absolute Gasteiger partial charge is 0.462 e. The minimum Gasteiger partial charge on any atom is -0.462 e. The highest BCUT2D eigenvalue weighted by molar-refractivity contribution is 6.02. The van der Waals surface area contributed by atoms with Crippen molar-refractivity contribution in [3.8, 4) is 0 Å². The Kier molecular flexibility index (Phi) is 5.40. The summed E-state index contributed by atoms with van der Waals surface area (Å²) >= 11 is 0. The first kappa shape index (κ1) is 16.7. The van der Waals surface area contributed by atoms with Gasteiger partial charge in [0, 0.05) is 11.7 Å². The van der Waals surface area contributed by atoms with Gasteiger partial charge < -0.3 is 9.72 Å². The summed E-state index contributed by atoms with van der Waals surface area (Å²) in [5.41, 5.74) is 2.44. The molecule has 0 amide bonds. The van der Waals surface area contributed by atoms with Gasteiger partial charge in [-0.2, -0.15) is 0 Å². The SMILES string of the molecule is CCOC(=O)c1c(C)[nH]c(C(=O)CN2CCCCC2C)c1C. The summed E-state index contributed by atoms with van der Waals surface area (Å²) in [5.74, 6) is -0.316. The molecular formula is C17H26N2O3. The Bertz CT molecular complexity index is 562. The zero-order valence-electron chi connectivity index (χ0n) is 14.0. The Morgan fingerprint density at radius 3 is 2.68 bits per heavy atom. The van der Waals surface area contributed by atoms with E-state index in [4.69, 9.17) is 4.74 Å². The van der Waals surface area contributed by atoms with Crippen molar-refractivity contribution in [1.29, 1.82) is 0 Å². The van der Waals surface area contributed by atoms with E-state index >= 15 is 0 Å². The van der Waals surface area contributed by atoms with Gasteiger partial charge in [-0.3, -0.25) is 9.69 Å². The lowest BCUT2D eigenvalue weighted by Crippen LogP contribution is -2.41. The van der Waals surface area contributed by atoms with Gasteiger partial charge in [-0.15, -0.1) is 0 Å². The molecule has 2 heterocycles. The smallest absolute Gasteiger partial charge is 0.340 e. The van der Waals surface area contributed by atoms with Crippen LogP contribution in [0.15, 0.2) is 0 Å². The van der Waals surface area contributed by atoms with Gasteiger partial charge in [0.2, 0.25) is 0 Å². The molecule has 2 rings (SSSR count). The van der Waals surface area contributed by atoms with Crippen molar-refractivity contribution in [2.75, 3.05) is 19.7 Å². The average Bonchev–Trinajstić information content (AvgIpc) is 2.77. The third kappa shape index (κ3) is 3.40. The molecule has 122 valence electrons. The van der Waals surface area contributed by atoms with Crippen molar-refractivity contribution >= 4 is 11.8 Å². The quantitative estimate of drug-likeness (QED) is 0.671. The molecule has 0 aromatic carbocycles. The molecule has 1 aliphatic heterocycles. The topological polar surface area (TPSA) is 62.4 Å². The van der Waals surface area contributed by atoms with Crippen LogP contribution in [0.1, 0.15) is 65.2 Å². The van der Waals surface area contributed by atoms with Crippen LogP contribution in [-0.2, 0) is 4.74 Å². The van der Waals surface area contributed by atoms with Crippen LogP contribution in [0.25, 0.3) is 0 Å². The predicted molar refractivity (Wildman–Crippen MR) is 85.4 cm³/mol. The summed E-state index contributed by atoms with van der Waals surface area (Å²) in [6, 6.07) is 0.443. The summed E-state index contributed by atoms with van der Waals surface area (Å²) in [6.07, 6.45) is 3.53. The van der Waals surface area contributed by atoms with Gasteiger partial charge in [0.05, 0.1) is 24.4 Å². The first-order chi connectivity index (χ1) is 10.5. The molecule has 1 aliphatic rings. The normalized spacial score (nSPS) is 19.2. The number of aromatic nitrogens is 1. The van der Waals surface area contributed by atoms with Crippen molar-refractivity contribution in [2.45, 2.75) is 53.0 Å². The molecule has 0 radical (unpaired) electrons. The van der Waals surface area contributed by atoms with Gasteiger partial charge in [0.25, 0.3) is 0 Å². The van der Waals surface area contributed by atoms with Crippen LogP contribution in [-0.4, -0.2) is 47.4 Å². The number of ether oxygens (including phenoxy) is 1. The zero-order valence-corrected chi connectivity index (χ0v) is 14.0. The minimum atomic E-state index is -0.362. The van der Waals surface area contributed by atoms with Gasteiger partial charge in [0.1, 0.15) is 0 Å². The van der Waals surface area contributed by atoms with Crippen molar-refractivity contribution in [3.05, 3.63) is 22.5 Å². The Morgan fingerprint density at radius 1 is 1.32 bits per heavy atom. The predicted octanol–water partition coefficient (Wildman–Crippen LogP) is 2.87. The average molecular weight is 306 g/mol. The van der Waals surface area contributed by atoms with Crippen LogP contribution < -0.4 is 0 Å². The minimum absolute atomic E-state index is 0.0462. The molecule has 1 unspecified atom stereocenters. The Balaban J connectivity index is 2.16. The molecule has 1 saturated heterocycles. The fraction of sp³-hybridized carbons (Fsp3) is 0.647.